The van der Waals surface area contributed by atoms with Crippen molar-refractivity contribution >= 4 is 23.2 Å². The van der Waals surface area contributed by atoms with Crippen molar-refractivity contribution < 1.29 is 4.39 Å². The number of hydrogen-bond donors (Lipinski definition) is 3. The van der Waals surface area contributed by atoms with Crippen molar-refractivity contribution in [2.45, 2.75) is 19.8 Å². The Labute approximate surface area is 105 Å². The van der Waals surface area contributed by atoms with Crippen LogP contribution in [0.3, 0.4) is 0 Å². The van der Waals surface area contributed by atoms with Gasteiger partial charge < -0.3 is 5.32 Å². The molecule has 0 aliphatic heterocycles. The second-order valence-electron chi connectivity index (χ2n) is 3.48. The van der Waals surface area contributed by atoms with Gasteiger partial charge >= 0.3 is 0 Å². The molecule has 0 bridgehead atoms. The first-order chi connectivity index (χ1) is 8.17. The number of aliphatic imine (C=N–C) groups is 1. The molecule has 0 aromatic heterocycles. The van der Waals surface area contributed by atoms with Crippen LogP contribution in [0.5, 0.6) is 0 Å². The van der Waals surface area contributed by atoms with Crippen molar-refractivity contribution in [1.82, 2.24) is 5.43 Å². The van der Waals surface area contributed by atoms with Gasteiger partial charge in [0.25, 0.3) is 0 Å². The van der Waals surface area contributed by atoms with Crippen molar-refractivity contribution in [2.75, 3.05) is 11.9 Å². The summed E-state index contributed by atoms with van der Waals surface area (Å²) in [4.78, 5) is 4.21. The van der Waals surface area contributed by atoms with Crippen LogP contribution in [0, 0.1) is 5.82 Å². The van der Waals surface area contributed by atoms with Gasteiger partial charge in [0.2, 0.25) is 5.96 Å². The van der Waals surface area contributed by atoms with Gasteiger partial charge in [0, 0.05) is 12.2 Å². The average Bonchev–Trinajstić information content (AvgIpc) is 2.32. The summed E-state index contributed by atoms with van der Waals surface area (Å²) in [6.07, 6.45) is 2.04. The summed E-state index contributed by atoms with van der Waals surface area (Å²) in [7, 11) is 0. The number of guanidine groups is 1. The molecule has 0 saturated carbocycles. The highest BCUT2D eigenvalue weighted by atomic mass is 35.5. The number of rotatable bonds is 4. The van der Waals surface area contributed by atoms with Gasteiger partial charge in [-0.05, 0) is 24.6 Å². The molecule has 6 heteroatoms. The lowest BCUT2D eigenvalue weighted by molar-refractivity contribution is 0.628. The maximum absolute atomic E-state index is 12.9. The third-order valence-corrected chi connectivity index (χ3v) is 2.39. The van der Waals surface area contributed by atoms with E-state index in [1.54, 1.807) is 6.07 Å². The number of nitrogens with two attached hydrogens (primary N) is 1. The van der Waals surface area contributed by atoms with Crippen LogP contribution >= 0.6 is 11.6 Å². The summed E-state index contributed by atoms with van der Waals surface area (Å²) >= 11 is 5.66. The second-order valence-corrected chi connectivity index (χ2v) is 3.89. The standard InChI is InChI=1S/C11H16ClFN4/c1-2-3-6-15-11(17-14)16-8-4-5-10(13)9(12)7-8/h4-5,7H,2-3,6,14H2,1H3,(H2,15,16,17). The Morgan fingerprint density at radius 1 is 1.53 bits per heavy atom. The molecule has 0 aliphatic carbocycles. The SMILES string of the molecule is CCCCN=C(NN)Nc1ccc(F)c(Cl)c1. The van der Waals surface area contributed by atoms with E-state index in [1.165, 1.54) is 12.1 Å². The molecule has 0 fully saturated rings. The van der Waals surface area contributed by atoms with Crippen LogP contribution in [-0.2, 0) is 0 Å². The highest BCUT2D eigenvalue weighted by Gasteiger charge is 2.02. The van der Waals surface area contributed by atoms with Crippen molar-refractivity contribution in [3.05, 3.63) is 29.0 Å². The second kappa shape index (κ2) is 7.09. The van der Waals surface area contributed by atoms with Gasteiger partial charge in [-0.3, -0.25) is 10.4 Å². The predicted molar refractivity (Wildman–Crippen MR) is 69.6 cm³/mol. The van der Waals surface area contributed by atoms with E-state index in [1.807, 2.05) is 0 Å². The first kappa shape index (κ1) is 13.7. The monoisotopic (exact) mass is 258 g/mol. The Kier molecular flexibility index (Phi) is 5.72. The van der Waals surface area contributed by atoms with Crippen molar-refractivity contribution in [2.24, 2.45) is 10.8 Å². The van der Waals surface area contributed by atoms with Gasteiger partial charge in [-0.1, -0.05) is 24.9 Å². The molecule has 1 aromatic carbocycles. The number of hydrazine groups is 1. The predicted octanol–water partition coefficient (Wildman–Crippen LogP) is 2.51. The van der Waals surface area contributed by atoms with Gasteiger partial charge in [0.15, 0.2) is 0 Å². The lowest BCUT2D eigenvalue weighted by atomic mass is 10.3. The molecule has 0 radical (unpaired) electrons. The molecule has 4 nitrogen and oxygen atoms in total. The van der Waals surface area contributed by atoms with Crippen LogP contribution in [0.2, 0.25) is 5.02 Å². The maximum Gasteiger partial charge on any atom is 0.210 e. The summed E-state index contributed by atoms with van der Waals surface area (Å²) in [5.74, 6) is 5.30. The zero-order valence-corrected chi connectivity index (χ0v) is 10.4. The molecular formula is C11H16ClFN4. The van der Waals surface area contributed by atoms with E-state index < -0.39 is 5.82 Å². The molecule has 1 rings (SSSR count). The van der Waals surface area contributed by atoms with Crippen LogP contribution in [-0.4, -0.2) is 12.5 Å². The molecule has 17 heavy (non-hydrogen) atoms. The first-order valence-electron chi connectivity index (χ1n) is 5.40. The number of halogens is 2. The third-order valence-electron chi connectivity index (χ3n) is 2.10. The summed E-state index contributed by atoms with van der Waals surface area (Å²) in [6.45, 7) is 2.76. The van der Waals surface area contributed by atoms with E-state index in [0.717, 1.165) is 12.8 Å². The fraction of sp³-hybridized carbons (Fsp3) is 0.364. The van der Waals surface area contributed by atoms with Crippen molar-refractivity contribution in [3.63, 3.8) is 0 Å². The Bertz CT molecular complexity index is 395. The van der Waals surface area contributed by atoms with E-state index in [-0.39, 0.29) is 5.02 Å². The summed E-state index contributed by atoms with van der Waals surface area (Å²) in [5, 5.41) is 2.97. The van der Waals surface area contributed by atoms with Crippen molar-refractivity contribution in [3.8, 4) is 0 Å². The summed E-state index contributed by atoms with van der Waals surface area (Å²) in [5.41, 5.74) is 3.07. The molecule has 0 aliphatic rings. The van der Waals surface area contributed by atoms with Gasteiger partial charge in [0.05, 0.1) is 5.02 Å². The largest absolute Gasteiger partial charge is 0.325 e. The molecular weight excluding hydrogens is 243 g/mol. The zero-order chi connectivity index (χ0) is 12.7. The number of anilines is 1. The lowest BCUT2D eigenvalue weighted by Gasteiger charge is -2.09. The lowest BCUT2D eigenvalue weighted by Crippen LogP contribution is -2.36. The maximum atomic E-state index is 12.9. The van der Waals surface area contributed by atoms with Crippen LogP contribution < -0.4 is 16.6 Å². The third kappa shape index (κ3) is 4.58. The number of nitrogens with one attached hydrogen (secondary N) is 2. The normalized spacial score (nSPS) is 11.4. The number of nitrogens with zero attached hydrogens (tertiary/aromatic N) is 1. The molecule has 4 N–H and O–H groups in total. The smallest absolute Gasteiger partial charge is 0.210 e. The van der Waals surface area contributed by atoms with Crippen LogP contribution in [0.4, 0.5) is 10.1 Å². The molecule has 0 atom stereocenters. The summed E-state index contributed by atoms with van der Waals surface area (Å²) < 4.78 is 12.9. The Hall–Kier alpha value is -1.33. The molecule has 0 saturated heterocycles. The highest BCUT2D eigenvalue weighted by molar-refractivity contribution is 6.31. The fourth-order valence-corrected chi connectivity index (χ4v) is 1.36. The van der Waals surface area contributed by atoms with E-state index in [9.17, 15) is 4.39 Å². The minimum absolute atomic E-state index is 0.0555. The van der Waals surface area contributed by atoms with Crippen LogP contribution in [0.15, 0.2) is 23.2 Å². The van der Waals surface area contributed by atoms with Crippen molar-refractivity contribution in [1.29, 1.82) is 0 Å². The first-order valence-corrected chi connectivity index (χ1v) is 5.78. The van der Waals surface area contributed by atoms with Crippen LogP contribution in [0.1, 0.15) is 19.8 Å². The van der Waals surface area contributed by atoms with Gasteiger partial charge in [-0.2, -0.15) is 0 Å². The van der Waals surface area contributed by atoms with E-state index in [2.05, 4.69) is 22.7 Å². The molecule has 0 amide bonds. The van der Waals surface area contributed by atoms with Gasteiger partial charge in [0.1, 0.15) is 5.82 Å². The molecule has 1 aromatic rings. The Balaban J connectivity index is 2.67. The summed E-state index contributed by atoms with van der Waals surface area (Å²) in [6, 6.07) is 4.32. The number of unbranched alkanes of at least 4 members (excludes halogenated alkanes) is 1. The van der Waals surface area contributed by atoms with Gasteiger partial charge in [-0.15, -0.1) is 0 Å². The highest BCUT2D eigenvalue weighted by Crippen LogP contribution is 2.19. The minimum atomic E-state index is -0.456. The number of benzene rings is 1. The minimum Gasteiger partial charge on any atom is -0.325 e. The zero-order valence-electron chi connectivity index (χ0n) is 9.63. The quantitative estimate of drug-likeness (QED) is 0.256. The van der Waals surface area contributed by atoms with Crippen LogP contribution in [0.25, 0.3) is 0 Å². The molecule has 0 spiro atoms. The van der Waals surface area contributed by atoms with E-state index in [0.29, 0.717) is 18.2 Å². The Morgan fingerprint density at radius 2 is 2.29 bits per heavy atom. The Morgan fingerprint density at radius 3 is 2.88 bits per heavy atom. The fourth-order valence-electron chi connectivity index (χ4n) is 1.18. The molecule has 0 heterocycles. The number of hydrogen-bond acceptors (Lipinski definition) is 2. The topological polar surface area (TPSA) is 62.4 Å². The average molecular weight is 259 g/mol. The van der Waals surface area contributed by atoms with Gasteiger partial charge in [-0.25, -0.2) is 10.2 Å². The molecule has 0 unspecified atom stereocenters. The van der Waals surface area contributed by atoms with E-state index >= 15 is 0 Å². The molecule has 94 valence electrons. The van der Waals surface area contributed by atoms with E-state index in [4.69, 9.17) is 17.4 Å².